The Morgan fingerprint density at radius 1 is 1.10 bits per heavy atom. The summed E-state index contributed by atoms with van der Waals surface area (Å²) < 4.78 is 30.7. The van der Waals surface area contributed by atoms with E-state index >= 15 is 0 Å². The molecule has 1 atom stereocenters. The Morgan fingerprint density at radius 3 is 2.32 bits per heavy atom. The number of nitriles is 1. The summed E-state index contributed by atoms with van der Waals surface area (Å²) in [5, 5.41) is 8.94. The number of anilines is 1. The van der Waals surface area contributed by atoms with E-state index in [1.54, 1.807) is 0 Å². The fraction of sp³-hybridized carbons (Fsp3) is 0.636. The van der Waals surface area contributed by atoms with Crippen LogP contribution in [0.4, 0.5) is 5.69 Å². The Hall–Kier alpha value is -2.15. The summed E-state index contributed by atoms with van der Waals surface area (Å²) in [6.07, 6.45) is 3.78. The molecule has 0 aromatic heterocycles. The number of ether oxygens (including phenoxy) is 1. The molecule has 1 spiro atoms. The number of hydrogen-bond acceptors (Lipinski definition) is 7. The molecule has 1 aromatic rings. The highest BCUT2D eigenvalue weighted by molar-refractivity contribution is 7.88. The van der Waals surface area contributed by atoms with E-state index in [9.17, 15) is 13.2 Å². The molecule has 0 amide bonds. The Kier molecular flexibility index (Phi) is 6.24. The standard InChI is InChI=1S/C22H30N4O4S/c1-31(28,29)26-10-7-22(8-11-26)16-20(30-21(22)27)6-9-24-12-14-25(15-13-24)19-4-2-18(17-23)3-5-19/h2-5,20H,6-16H2,1H3. The third kappa shape index (κ3) is 4.86. The highest BCUT2D eigenvalue weighted by Gasteiger charge is 2.51. The van der Waals surface area contributed by atoms with Crippen molar-refractivity contribution in [1.82, 2.24) is 9.21 Å². The molecule has 0 bridgehead atoms. The summed E-state index contributed by atoms with van der Waals surface area (Å²) in [5.41, 5.74) is 1.32. The molecule has 3 heterocycles. The minimum atomic E-state index is -3.20. The van der Waals surface area contributed by atoms with Crippen LogP contribution in [0.1, 0.15) is 31.2 Å². The fourth-order valence-electron chi connectivity index (χ4n) is 4.96. The van der Waals surface area contributed by atoms with Crippen LogP contribution in [0.3, 0.4) is 0 Å². The lowest BCUT2D eigenvalue weighted by molar-refractivity contribution is -0.150. The second-order valence-corrected chi connectivity index (χ2v) is 10.9. The maximum absolute atomic E-state index is 12.6. The zero-order valence-electron chi connectivity index (χ0n) is 18.0. The van der Waals surface area contributed by atoms with E-state index < -0.39 is 15.4 Å². The number of sulfonamides is 1. The minimum Gasteiger partial charge on any atom is -0.462 e. The molecule has 3 aliphatic rings. The maximum Gasteiger partial charge on any atom is 0.312 e. The van der Waals surface area contributed by atoms with E-state index in [0.29, 0.717) is 37.9 Å². The van der Waals surface area contributed by atoms with Crippen molar-refractivity contribution in [2.75, 3.05) is 57.0 Å². The monoisotopic (exact) mass is 446 g/mol. The van der Waals surface area contributed by atoms with Crippen LogP contribution in [0.15, 0.2) is 24.3 Å². The van der Waals surface area contributed by atoms with Gasteiger partial charge in [0.2, 0.25) is 10.0 Å². The topological polar surface area (TPSA) is 94.0 Å². The van der Waals surface area contributed by atoms with Gasteiger partial charge in [0.15, 0.2) is 0 Å². The highest BCUT2D eigenvalue weighted by atomic mass is 32.2. The van der Waals surface area contributed by atoms with Crippen LogP contribution in [0, 0.1) is 16.7 Å². The summed E-state index contributed by atoms with van der Waals surface area (Å²) in [6, 6.07) is 9.86. The number of cyclic esters (lactones) is 1. The van der Waals surface area contributed by atoms with Crippen LogP contribution >= 0.6 is 0 Å². The molecular formula is C22H30N4O4S. The summed E-state index contributed by atoms with van der Waals surface area (Å²) in [6.45, 7) is 5.47. The average Bonchev–Trinajstić information content (AvgIpc) is 3.07. The second kappa shape index (κ2) is 8.77. The van der Waals surface area contributed by atoms with Crippen molar-refractivity contribution in [1.29, 1.82) is 5.26 Å². The summed E-state index contributed by atoms with van der Waals surface area (Å²) >= 11 is 0. The third-order valence-corrected chi connectivity index (χ3v) is 8.28. The molecule has 168 valence electrons. The quantitative estimate of drug-likeness (QED) is 0.632. The molecule has 3 fully saturated rings. The van der Waals surface area contributed by atoms with Crippen LogP contribution in [0.5, 0.6) is 0 Å². The predicted molar refractivity (Wildman–Crippen MR) is 117 cm³/mol. The number of benzene rings is 1. The van der Waals surface area contributed by atoms with Gasteiger partial charge in [-0.15, -0.1) is 0 Å². The maximum atomic E-state index is 12.6. The first-order chi connectivity index (χ1) is 14.8. The van der Waals surface area contributed by atoms with Crippen molar-refractivity contribution >= 4 is 21.7 Å². The number of esters is 1. The van der Waals surface area contributed by atoms with Crippen molar-refractivity contribution < 1.29 is 17.9 Å². The number of rotatable bonds is 5. The molecular weight excluding hydrogens is 416 g/mol. The number of piperidine rings is 1. The molecule has 4 rings (SSSR count). The summed E-state index contributed by atoms with van der Waals surface area (Å²) in [7, 11) is -3.20. The van der Waals surface area contributed by atoms with Gasteiger partial charge in [-0.1, -0.05) is 0 Å². The van der Waals surface area contributed by atoms with Gasteiger partial charge in [0.1, 0.15) is 6.10 Å². The van der Waals surface area contributed by atoms with Gasteiger partial charge in [0, 0.05) is 57.9 Å². The minimum absolute atomic E-state index is 0.0751. The van der Waals surface area contributed by atoms with Gasteiger partial charge in [0.25, 0.3) is 0 Å². The van der Waals surface area contributed by atoms with E-state index in [-0.39, 0.29) is 12.1 Å². The molecule has 3 saturated heterocycles. The van der Waals surface area contributed by atoms with Crippen LogP contribution in [-0.2, 0) is 19.6 Å². The summed E-state index contributed by atoms with van der Waals surface area (Å²) in [4.78, 5) is 17.3. The Bertz CT molecular complexity index is 941. The zero-order valence-corrected chi connectivity index (χ0v) is 18.8. The Labute approximate surface area is 184 Å². The first-order valence-electron chi connectivity index (χ1n) is 10.9. The van der Waals surface area contributed by atoms with Crippen molar-refractivity contribution in [3.8, 4) is 6.07 Å². The molecule has 8 nitrogen and oxygen atoms in total. The van der Waals surface area contributed by atoms with Gasteiger partial charge in [0.05, 0.1) is 23.3 Å². The van der Waals surface area contributed by atoms with E-state index in [2.05, 4.69) is 15.9 Å². The lowest BCUT2D eigenvalue weighted by Gasteiger charge is -2.36. The van der Waals surface area contributed by atoms with Crippen molar-refractivity contribution in [3.63, 3.8) is 0 Å². The van der Waals surface area contributed by atoms with Gasteiger partial charge in [-0.2, -0.15) is 5.26 Å². The molecule has 0 aliphatic carbocycles. The van der Waals surface area contributed by atoms with E-state index in [1.165, 1.54) is 10.6 Å². The van der Waals surface area contributed by atoms with Crippen LogP contribution in [0.2, 0.25) is 0 Å². The number of nitrogens with zero attached hydrogens (tertiary/aromatic N) is 4. The van der Waals surface area contributed by atoms with Gasteiger partial charge < -0.3 is 9.64 Å². The molecule has 3 aliphatic heterocycles. The Morgan fingerprint density at radius 2 is 1.74 bits per heavy atom. The van der Waals surface area contributed by atoms with Gasteiger partial charge in [-0.25, -0.2) is 12.7 Å². The van der Waals surface area contributed by atoms with Crippen LogP contribution < -0.4 is 4.90 Å². The van der Waals surface area contributed by atoms with E-state index in [4.69, 9.17) is 10.00 Å². The SMILES string of the molecule is CS(=O)(=O)N1CCC2(CC1)CC(CCN1CCN(c3ccc(C#N)cc3)CC1)OC2=O. The largest absolute Gasteiger partial charge is 0.462 e. The lowest BCUT2D eigenvalue weighted by atomic mass is 9.76. The normalized spacial score (nSPS) is 24.8. The van der Waals surface area contributed by atoms with Crippen molar-refractivity contribution in [3.05, 3.63) is 29.8 Å². The first-order valence-corrected chi connectivity index (χ1v) is 12.8. The van der Waals surface area contributed by atoms with Crippen molar-refractivity contribution in [2.24, 2.45) is 5.41 Å². The van der Waals surface area contributed by atoms with Gasteiger partial charge in [-0.05, 0) is 43.5 Å². The molecule has 0 N–H and O–H groups in total. The lowest BCUT2D eigenvalue weighted by Crippen LogP contribution is -2.47. The molecule has 0 saturated carbocycles. The van der Waals surface area contributed by atoms with E-state index in [0.717, 1.165) is 44.8 Å². The van der Waals surface area contributed by atoms with E-state index in [1.807, 2.05) is 24.3 Å². The van der Waals surface area contributed by atoms with Crippen LogP contribution in [-0.4, -0.2) is 81.8 Å². The summed E-state index contributed by atoms with van der Waals surface area (Å²) in [5.74, 6) is -0.142. The van der Waals surface area contributed by atoms with Crippen molar-refractivity contribution in [2.45, 2.75) is 31.8 Å². The number of carbonyl (C=O) groups is 1. The predicted octanol–water partition coefficient (Wildman–Crippen LogP) is 1.43. The number of piperazine rings is 1. The zero-order chi connectivity index (χ0) is 22.1. The van der Waals surface area contributed by atoms with Crippen LogP contribution in [0.25, 0.3) is 0 Å². The third-order valence-electron chi connectivity index (χ3n) is 6.97. The first kappa shape index (κ1) is 22.1. The van der Waals surface area contributed by atoms with Gasteiger partial charge >= 0.3 is 5.97 Å². The molecule has 9 heteroatoms. The molecule has 1 aromatic carbocycles. The fourth-order valence-corrected chi connectivity index (χ4v) is 5.80. The molecule has 31 heavy (non-hydrogen) atoms. The number of hydrogen-bond donors (Lipinski definition) is 0. The second-order valence-electron chi connectivity index (χ2n) is 8.95. The molecule has 0 radical (unpaired) electrons. The average molecular weight is 447 g/mol. The number of carbonyl (C=O) groups excluding carboxylic acids is 1. The smallest absolute Gasteiger partial charge is 0.312 e. The molecule has 1 unspecified atom stereocenters. The Balaban J connectivity index is 1.23. The highest BCUT2D eigenvalue weighted by Crippen LogP contribution is 2.44. The van der Waals surface area contributed by atoms with Gasteiger partial charge in [-0.3, -0.25) is 9.69 Å².